The maximum Gasteiger partial charge on any atom is 0.334 e. The summed E-state index contributed by atoms with van der Waals surface area (Å²) in [5.41, 5.74) is -0.0280. The van der Waals surface area contributed by atoms with Gasteiger partial charge in [-0.2, -0.15) is 0 Å². The highest BCUT2D eigenvalue weighted by molar-refractivity contribution is 5.87. The van der Waals surface area contributed by atoms with Crippen LogP contribution in [0.5, 0.6) is 0 Å². The lowest BCUT2D eigenvalue weighted by molar-refractivity contribution is -0.345. The van der Waals surface area contributed by atoms with Gasteiger partial charge in [-0.05, 0) is 12.3 Å². The van der Waals surface area contributed by atoms with Crippen LogP contribution in [-0.2, 0) is 57.1 Å². The molecule has 2 N–H and O–H groups in total. The quantitative estimate of drug-likeness (QED) is 0.308. The Morgan fingerprint density at radius 1 is 0.895 bits per heavy atom. The Labute approximate surface area is 218 Å². The van der Waals surface area contributed by atoms with Gasteiger partial charge in [0.1, 0.15) is 12.7 Å². The van der Waals surface area contributed by atoms with E-state index in [1.165, 1.54) is 0 Å². The summed E-state index contributed by atoms with van der Waals surface area (Å²) in [5, 5.41) is 20.0. The first-order chi connectivity index (χ1) is 17.8. The van der Waals surface area contributed by atoms with Gasteiger partial charge in [-0.15, -0.1) is 0 Å². The molecule has 14 nitrogen and oxygen atoms in total. The molecule has 1 saturated carbocycles. The van der Waals surface area contributed by atoms with Crippen molar-refractivity contribution in [3.05, 3.63) is 11.8 Å². The predicted molar refractivity (Wildman–Crippen MR) is 120 cm³/mol. The van der Waals surface area contributed by atoms with Gasteiger partial charge in [-0.25, -0.2) is 4.79 Å². The number of carboxylic acid groups (broad SMARTS) is 1. The Bertz CT molecular complexity index is 975. The summed E-state index contributed by atoms with van der Waals surface area (Å²) in [4.78, 5) is 59.1. The number of carboxylic acids is 1. The van der Waals surface area contributed by atoms with Gasteiger partial charge >= 0.3 is 29.8 Å². The summed E-state index contributed by atoms with van der Waals surface area (Å²) in [6.07, 6.45) is -7.81. The standard InChI is InChI=1S/C24H32O14/c1-9-16(29)6-14-15(22(30)31)7-33-23(18(9)14)38-24-21(36-13(5)28)20(35-12(4)27)19(34-11(3)26)17(37-24)8-32-10(2)25/h7,9,14,16-21,23-24,29H,6,8H2,1-5H3,(H,30,31)/t9-,14+,16-,17+,18+,19+,20-,21+,23-,24-/m0/s1. The van der Waals surface area contributed by atoms with Crippen molar-refractivity contribution in [1.82, 2.24) is 0 Å². The van der Waals surface area contributed by atoms with Crippen molar-refractivity contribution in [2.45, 2.75) is 84.1 Å². The summed E-state index contributed by atoms with van der Waals surface area (Å²) >= 11 is 0. The van der Waals surface area contributed by atoms with E-state index >= 15 is 0 Å². The van der Waals surface area contributed by atoms with Gasteiger partial charge in [0.2, 0.25) is 12.6 Å². The molecule has 14 heteroatoms. The van der Waals surface area contributed by atoms with E-state index in [4.69, 9.17) is 33.2 Å². The molecule has 0 spiro atoms. The summed E-state index contributed by atoms with van der Waals surface area (Å²) in [7, 11) is 0. The molecule has 0 bridgehead atoms. The Morgan fingerprint density at radius 2 is 1.47 bits per heavy atom. The Balaban J connectivity index is 1.99. The molecule has 2 heterocycles. The van der Waals surface area contributed by atoms with E-state index in [9.17, 15) is 34.2 Å². The number of fused-ring (bicyclic) bond motifs is 1. The van der Waals surface area contributed by atoms with Crippen LogP contribution in [0.3, 0.4) is 0 Å². The Kier molecular flexibility index (Phi) is 9.33. The third-order valence-electron chi connectivity index (χ3n) is 6.68. The monoisotopic (exact) mass is 544 g/mol. The van der Waals surface area contributed by atoms with E-state index in [1.54, 1.807) is 6.92 Å². The molecule has 10 atom stereocenters. The first-order valence-corrected chi connectivity index (χ1v) is 12.0. The lowest BCUT2D eigenvalue weighted by Crippen LogP contribution is -2.63. The maximum absolute atomic E-state index is 12.0. The van der Waals surface area contributed by atoms with Crippen LogP contribution in [-0.4, -0.2) is 89.8 Å². The van der Waals surface area contributed by atoms with Gasteiger partial charge in [0.25, 0.3) is 0 Å². The average molecular weight is 545 g/mol. The number of carbonyl (C=O) groups is 5. The molecule has 38 heavy (non-hydrogen) atoms. The highest BCUT2D eigenvalue weighted by Crippen LogP contribution is 2.47. The number of esters is 4. The molecule has 1 aliphatic carbocycles. The molecular formula is C24H32O14. The second-order valence-corrected chi connectivity index (χ2v) is 9.43. The summed E-state index contributed by atoms with van der Waals surface area (Å²) in [6.45, 7) is 5.72. The first-order valence-electron chi connectivity index (χ1n) is 12.0. The lowest BCUT2D eigenvalue weighted by atomic mass is 9.83. The average Bonchev–Trinajstić information content (AvgIpc) is 3.10. The van der Waals surface area contributed by atoms with Gasteiger partial charge < -0.3 is 43.4 Å². The fourth-order valence-corrected chi connectivity index (χ4v) is 5.11. The lowest BCUT2D eigenvalue weighted by Gasteiger charge is -2.45. The Hall–Kier alpha value is -3.23. The van der Waals surface area contributed by atoms with Crippen molar-refractivity contribution in [3.63, 3.8) is 0 Å². The third-order valence-corrected chi connectivity index (χ3v) is 6.68. The minimum Gasteiger partial charge on any atom is -0.478 e. The minimum absolute atomic E-state index is 0.0280. The molecule has 0 aromatic heterocycles. The number of carbonyl (C=O) groups excluding carboxylic acids is 4. The molecule has 2 fully saturated rings. The normalized spacial score (nSPS) is 36.1. The minimum atomic E-state index is -1.51. The van der Waals surface area contributed by atoms with E-state index in [0.29, 0.717) is 0 Å². The molecule has 0 aromatic rings. The van der Waals surface area contributed by atoms with E-state index in [0.717, 1.165) is 34.0 Å². The molecule has 212 valence electrons. The largest absolute Gasteiger partial charge is 0.478 e. The van der Waals surface area contributed by atoms with Crippen LogP contribution in [0.15, 0.2) is 11.8 Å². The topological polar surface area (TPSA) is 190 Å². The van der Waals surface area contributed by atoms with Crippen LogP contribution in [0.25, 0.3) is 0 Å². The highest BCUT2D eigenvalue weighted by atomic mass is 16.8. The molecule has 0 unspecified atom stereocenters. The van der Waals surface area contributed by atoms with Crippen LogP contribution >= 0.6 is 0 Å². The fourth-order valence-electron chi connectivity index (χ4n) is 5.11. The molecule has 0 amide bonds. The van der Waals surface area contributed by atoms with Gasteiger partial charge in [-0.1, -0.05) is 6.92 Å². The number of hydrogen-bond acceptors (Lipinski definition) is 13. The number of aliphatic hydroxyl groups excluding tert-OH is 1. The molecule has 3 aliphatic rings. The van der Waals surface area contributed by atoms with Crippen LogP contribution in [0.4, 0.5) is 0 Å². The zero-order valence-corrected chi connectivity index (χ0v) is 21.6. The molecule has 3 rings (SSSR count). The molecule has 0 radical (unpaired) electrons. The fraction of sp³-hybridized carbons (Fsp3) is 0.708. The zero-order valence-electron chi connectivity index (χ0n) is 21.6. The third kappa shape index (κ3) is 6.60. The predicted octanol–water partition coefficient (Wildman–Crippen LogP) is 0.0440. The van der Waals surface area contributed by atoms with Crippen molar-refractivity contribution in [2.75, 3.05) is 6.61 Å². The number of ether oxygens (including phenoxy) is 7. The summed E-state index contributed by atoms with van der Waals surface area (Å²) < 4.78 is 38.7. The second kappa shape index (κ2) is 12.1. The summed E-state index contributed by atoms with van der Waals surface area (Å²) in [5.74, 6) is -5.93. The van der Waals surface area contributed by atoms with Gasteiger partial charge in [0.05, 0.1) is 17.9 Å². The second-order valence-electron chi connectivity index (χ2n) is 9.43. The highest BCUT2D eigenvalue weighted by Gasteiger charge is 2.56. The van der Waals surface area contributed by atoms with Crippen molar-refractivity contribution in [1.29, 1.82) is 0 Å². The number of hydrogen-bond donors (Lipinski definition) is 2. The van der Waals surface area contributed by atoms with E-state index < -0.39 is 97.3 Å². The van der Waals surface area contributed by atoms with Crippen molar-refractivity contribution >= 4 is 29.8 Å². The van der Waals surface area contributed by atoms with Crippen LogP contribution in [0, 0.1) is 17.8 Å². The van der Waals surface area contributed by atoms with Crippen molar-refractivity contribution < 1.29 is 67.3 Å². The van der Waals surface area contributed by atoms with E-state index in [1.807, 2.05) is 0 Å². The van der Waals surface area contributed by atoms with Gasteiger partial charge in [0.15, 0.2) is 18.3 Å². The Morgan fingerprint density at radius 3 is 2.03 bits per heavy atom. The van der Waals surface area contributed by atoms with E-state index in [-0.39, 0.29) is 12.0 Å². The number of aliphatic hydroxyl groups is 1. The van der Waals surface area contributed by atoms with Gasteiger partial charge in [-0.3, -0.25) is 19.2 Å². The maximum atomic E-state index is 12.0. The van der Waals surface area contributed by atoms with Crippen LogP contribution < -0.4 is 0 Å². The zero-order chi connectivity index (χ0) is 28.3. The molecule has 1 saturated heterocycles. The van der Waals surface area contributed by atoms with E-state index in [2.05, 4.69) is 0 Å². The molecule has 0 aromatic carbocycles. The first kappa shape index (κ1) is 29.3. The van der Waals surface area contributed by atoms with Crippen molar-refractivity contribution in [2.24, 2.45) is 17.8 Å². The molecule has 2 aliphatic heterocycles. The number of rotatable bonds is 8. The SMILES string of the molecule is CC(=O)OC[C@H]1O[C@@H](O[C@@H]2OC=C(C(=O)O)[C@H]3C[C@H](O)[C@H](C)[C@@H]23)[C@H](OC(C)=O)[C@@H](OC(C)=O)[C@@H]1OC(C)=O. The van der Waals surface area contributed by atoms with Crippen LogP contribution in [0.2, 0.25) is 0 Å². The summed E-state index contributed by atoms with van der Waals surface area (Å²) in [6, 6.07) is 0. The molecular weight excluding hydrogens is 512 g/mol. The number of aliphatic carboxylic acids is 1. The van der Waals surface area contributed by atoms with Crippen LogP contribution in [0.1, 0.15) is 41.0 Å². The van der Waals surface area contributed by atoms with Crippen molar-refractivity contribution in [3.8, 4) is 0 Å². The van der Waals surface area contributed by atoms with Gasteiger partial charge in [0, 0.05) is 39.5 Å². The smallest absolute Gasteiger partial charge is 0.334 e.